The molecule has 0 heterocycles. The first-order valence-corrected chi connectivity index (χ1v) is 7.82. The lowest BCUT2D eigenvalue weighted by Crippen LogP contribution is -2.27. The largest absolute Gasteiger partial charge is 0.573 e. The van der Waals surface area contributed by atoms with E-state index in [1.807, 2.05) is 0 Å². The maximum atomic E-state index is 12.0. The van der Waals surface area contributed by atoms with Gasteiger partial charge >= 0.3 is 6.36 Å². The molecule has 4 N–H and O–H groups in total. The average Bonchev–Trinajstić information content (AvgIpc) is 2.34. The van der Waals surface area contributed by atoms with Crippen molar-refractivity contribution in [2.45, 2.75) is 6.36 Å². The number of benzene rings is 1. The quantitative estimate of drug-likeness (QED) is 0.405. The molecule has 0 aromatic heterocycles. The van der Waals surface area contributed by atoms with Gasteiger partial charge in [-0.15, -0.1) is 13.2 Å². The Labute approximate surface area is 125 Å². The van der Waals surface area contributed by atoms with Gasteiger partial charge in [-0.3, -0.25) is 4.99 Å². The number of anilines is 1. The first kappa shape index (κ1) is 18.0. The zero-order valence-electron chi connectivity index (χ0n) is 11.5. The summed E-state index contributed by atoms with van der Waals surface area (Å²) in [7, 11) is -3.29. The third-order valence-corrected chi connectivity index (χ3v) is 2.85. The van der Waals surface area contributed by atoms with Gasteiger partial charge < -0.3 is 15.8 Å². The number of sulfonamides is 1. The van der Waals surface area contributed by atoms with Gasteiger partial charge in [-0.25, -0.2) is 13.1 Å². The van der Waals surface area contributed by atoms with Gasteiger partial charge in [0.25, 0.3) is 0 Å². The molecule has 0 saturated carbocycles. The summed E-state index contributed by atoms with van der Waals surface area (Å²) in [4.78, 5) is 3.85. The fraction of sp³-hybridized carbons (Fsp3) is 0.364. The van der Waals surface area contributed by atoms with Crippen LogP contribution in [-0.4, -0.2) is 40.1 Å². The lowest BCUT2D eigenvalue weighted by Gasteiger charge is -2.10. The number of alkyl halides is 3. The van der Waals surface area contributed by atoms with Crippen LogP contribution in [0.1, 0.15) is 0 Å². The number of nitrogens with zero attached hydrogens (tertiary/aromatic N) is 1. The maximum absolute atomic E-state index is 12.0. The summed E-state index contributed by atoms with van der Waals surface area (Å²) >= 11 is 0. The van der Waals surface area contributed by atoms with Crippen molar-refractivity contribution in [3.63, 3.8) is 0 Å². The van der Waals surface area contributed by atoms with E-state index in [1.165, 1.54) is 12.1 Å². The number of ether oxygens (including phenoxy) is 1. The predicted octanol–water partition coefficient (Wildman–Crippen LogP) is 0.861. The Balaban J connectivity index is 2.49. The molecule has 22 heavy (non-hydrogen) atoms. The van der Waals surface area contributed by atoms with E-state index in [9.17, 15) is 21.6 Å². The lowest BCUT2D eigenvalue weighted by molar-refractivity contribution is -0.274. The predicted molar refractivity (Wildman–Crippen MR) is 76.1 cm³/mol. The summed E-state index contributed by atoms with van der Waals surface area (Å²) in [5, 5.41) is 2.64. The van der Waals surface area contributed by atoms with Crippen LogP contribution in [-0.2, 0) is 10.0 Å². The molecule has 11 heteroatoms. The van der Waals surface area contributed by atoms with Crippen molar-refractivity contribution >= 4 is 21.7 Å². The second kappa shape index (κ2) is 7.31. The lowest BCUT2D eigenvalue weighted by atomic mass is 10.3. The number of aliphatic imine (C=N–C) groups is 1. The number of nitrogens with one attached hydrogen (secondary N) is 2. The summed E-state index contributed by atoms with van der Waals surface area (Å²) in [5.41, 5.74) is 5.95. The van der Waals surface area contributed by atoms with Crippen LogP contribution < -0.4 is 20.5 Å². The van der Waals surface area contributed by atoms with Crippen LogP contribution in [0.3, 0.4) is 0 Å². The molecular formula is C11H15F3N4O3S. The van der Waals surface area contributed by atoms with Crippen LogP contribution in [0.15, 0.2) is 29.3 Å². The molecule has 0 bridgehead atoms. The Morgan fingerprint density at radius 2 is 1.91 bits per heavy atom. The summed E-state index contributed by atoms with van der Waals surface area (Å²) in [6.07, 6.45) is -3.73. The minimum atomic E-state index is -4.75. The molecule has 0 radical (unpaired) electrons. The summed E-state index contributed by atoms with van der Waals surface area (Å²) < 4.78 is 63.5. The van der Waals surface area contributed by atoms with Gasteiger partial charge in [-0.1, -0.05) is 0 Å². The SMILES string of the molecule is CS(=O)(=O)NCCN=C(N)Nc1ccc(OC(F)(F)F)cc1. The normalized spacial score (nSPS) is 13.0. The number of rotatable bonds is 6. The molecule has 1 rings (SSSR count). The number of halogens is 3. The molecule has 0 aliphatic rings. The van der Waals surface area contributed by atoms with Crippen LogP contribution in [0.4, 0.5) is 18.9 Å². The minimum Gasteiger partial charge on any atom is -0.406 e. The van der Waals surface area contributed by atoms with E-state index >= 15 is 0 Å². The molecule has 0 aliphatic carbocycles. The summed E-state index contributed by atoms with van der Waals surface area (Å²) in [6, 6.07) is 4.90. The number of nitrogens with two attached hydrogens (primary N) is 1. The fourth-order valence-corrected chi connectivity index (χ4v) is 1.80. The molecule has 0 aliphatic heterocycles. The molecule has 0 atom stereocenters. The van der Waals surface area contributed by atoms with Crippen LogP contribution in [0.25, 0.3) is 0 Å². The third kappa shape index (κ3) is 8.32. The van der Waals surface area contributed by atoms with Crippen LogP contribution in [0.5, 0.6) is 5.75 Å². The smallest absolute Gasteiger partial charge is 0.406 e. The molecule has 1 aromatic rings. The van der Waals surface area contributed by atoms with E-state index in [4.69, 9.17) is 5.73 Å². The topological polar surface area (TPSA) is 106 Å². The van der Waals surface area contributed by atoms with Gasteiger partial charge in [0.05, 0.1) is 12.8 Å². The van der Waals surface area contributed by atoms with E-state index in [0.717, 1.165) is 18.4 Å². The van der Waals surface area contributed by atoms with Crippen molar-refractivity contribution in [2.24, 2.45) is 10.7 Å². The van der Waals surface area contributed by atoms with E-state index in [-0.39, 0.29) is 24.8 Å². The highest BCUT2D eigenvalue weighted by atomic mass is 32.2. The van der Waals surface area contributed by atoms with E-state index in [0.29, 0.717) is 5.69 Å². The van der Waals surface area contributed by atoms with Gasteiger partial charge in [0.1, 0.15) is 5.75 Å². The standard InChI is InChI=1S/C11H15F3N4O3S/c1-22(19,20)17-7-6-16-10(15)18-8-2-4-9(5-3-8)21-11(12,13)14/h2-5,17H,6-7H2,1H3,(H3,15,16,18). The van der Waals surface area contributed by atoms with Crippen molar-refractivity contribution in [1.29, 1.82) is 0 Å². The molecule has 0 amide bonds. The molecule has 0 unspecified atom stereocenters. The highest BCUT2D eigenvalue weighted by Crippen LogP contribution is 2.23. The molecule has 124 valence electrons. The van der Waals surface area contributed by atoms with Crippen molar-refractivity contribution in [3.8, 4) is 5.75 Å². The van der Waals surface area contributed by atoms with Crippen LogP contribution in [0, 0.1) is 0 Å². The Kier molecular flexibility index (Phi) is 6.00. The monoisotopic (exact) mass is 340 g/mol. The third-order valence-electron chi connectivity index (χ3n) is 2.12. The van der Waals surface area contributed by atoms with E-state index < -0.39 is 16.4 Å². The minimum absolute atomic E-state index is 0.000194. The Morgan fingerprint density at radius 3 is 2.41 bits per heavy atom. The first-order valence-electron chi connectivity index (χ1n) is 5.92. The Bertz CT molecular complexity index is 614. The molecule has 0 saturated heterocycles. The first-order chi connectivity index (χ1) is 10.1. The zero-order valence-corrected chi connectivity index (χ0v) is 12.3. The highest BCUT2D eigenvalue weighted by molar-refractivity contribution is 7.88. The number of hydrogen-bond acceptors (Lipinski definition) is 4. The van der Waals surface area contributed by atoms with Gasteiger partial charge in [0.2, 0.25) is 10.0 Å². The Hall–Kier alpha value is -2.01. The van der Waals surface area contributed by atoms with Crippen LogP contribution in [0.2, 0.25) is 0 Å². The zero-order chi connectivity index (χ0) is 16.8. The van der Waals surface area contributed by atoms with Crippen molar-refractivity contribution < 1.29 is 26.3 Å². The van der Waals surface area contributed by atoms with Crippen molar-refractivity contribution in [2.75, 3.05) is 24.7 Å². The average molecular weight is 340 g/mol. The summed E-state index contributed by atoms with van der Waals surface area (Å²) in [6.45, 7) is 0.195. The molecule has 1 aromatic carbocycles. The second-order valence-corrected chi connectivity index (χ2v) is 5.96. The highest BCUT2D eigenvalue weighted by Gasteiger charge is 2.30. The van der Waals surface area contributed by atoms with Gasteiger partial charge in [0.15, 0.2) is 5.96 Å². The maximum Gasteiger partial charge on any atom is 0.573 e. The number of guanidine groups is 1. The Morgan fingerprint density at radius 1 is 1.32 bits per heavy atom. The van der Waals surface area contributed by atoms with Crippen molar-refractivity contribution in [1.82, 2.24) is 4.72 Å². The van der Waals surface area contributed by atoms with E-state index in [1.54, 1.807) is 0 Å². The molecule has 0 fully saturated rings. The molecular weight excluding hydrogens is 325 g/mol. The van der Waals surface area contributed by atoms with Crippen LogP contribution >= 0.6 is 0 Å². The van der Waals surface area contributed by atoms with Gasteiger partial charge in [0, 0.05) is 12.2 Å². The molecule has 0 spiro atoms. The fourth-order valence-electron chi connectivity index (χ4n) is 1.33. The van der Waals surface area contributed by atoms with Gasteiger partial charge in [-0.05, 0) is 24.3 Å². The number of hydrogen-bond donors (Lipinski definition) is 3. The van der Waals surface area contributed by atoms with Crippen molar-refractivity contribution in [3.05, 3.63) is 24.3 Å². The van der Waals surface area contributed by atoms with E-state index in [2.05, 4.69) is 19.8 Å². The summed E-state index contributed by atoms with van der Waals surface area (Å²) in [5.74, 6) is -0.356. The molecule has 7 nitrogen and oxygen atoms in total. The second-order valence-electron chi connectivity index (χ2n) is 4.13. The van der Waals surface area contributed by atoms with Gasteiger partial charge in [-0.2, -0.15) is 0 Å².